The fraction of sp³-hybridized carbons (Fsp3) is 0.769. The molecule has 1 aliphatic rings. The van der Waals surface area contributed by atoms with Crippen LogP contribution < -0.4 is 5.32 Å². The first-order valence-electron chi connectivity index (χ1n) is 6.44. The Morgan fingerprint density at radius 1 is 1.61 bits per heavy atom. The van der Waals surface area contributed by atoms with E-state index in [4.69, 9.17) is 4.74 Å². The van der Waals surface area contributed by atoms with Gasteiger partial charge in [0.15, 0.2) is 0 Å². The van der Waals surface area contributed by atoms with Gasteiger partial charge < -0.3 is 10.1 Å². The molecule has 1 N–H and O–H groups in total. The van der Waals surface area contributed by atoms with Crippen LogP contribution >= 0.6 is 15.9 Å². The van der Waals surface area contributed by atoms with Gasteiger partial charge in [-0.15, -0.1) is 0 Å². The van der Waals surface area contributed by atoms with Crippen molar-refractivity contribution in [3.8, 4) is 0 Å². The van der Waals surface area contributed by atoms with Crippen LogP contribution in [0.25, 0.3) is 0 Å². The zero-order chi connectivity index (χ0) is 13.3. The maximum absolute atomic E-state index is 5.80. The Morgan fingerprint density at radius 3 is 2.78 bits per heavy atom. The summed E-state index contributed by atoms with van der Waals surface area (Å²) in [6, 6.07) is 0. The standard InChI is InChI=1S/C13H22BrN3O/c1-9-12(14)11(17(4)16-9)7-13(8-15-3)5-6-18-10(13)2/h10,15H,5-8H2,1-4H3. The van der Waals surface area contributed by atoms with Crippen molar-refractivity contribution < 1.29 is 4.74 Å². The van der Waals surface area contributed by atoms with Crippen LogP contribution in [0.15, 0.2) is 4.47 Å². The monoisotopic (exact) mass is 315 g/mol. The molecule has 18 heavy (non-hydrogen) atoms. The largest absolute Gasteiger partial charge is 0.378 e. The van der Waals surface area contributed by atoms with Gasteiger partial charge in [0.25, 0.3) is 0 Å². The van der Waals surface area contributed by atoms with E-state index in [9.17, 15) is 0 Å². The molecule has 0 aromatic carbocycles. The molecule has 4 nitrogen and oxygen atoms in total. The Kier molecular flexibility index (Phi) is 4.14. The van der Waals surface area contributed by atoms with Gasteiger partial charge in [-0.25, -0.2) is 0 Å². The second kappa shape index (κ2) is 5.31. The topological polar surface area (TPSA) is 39.1 Å². The summed E-state index contributed by atoms with van der Waals surface area (Å²) in [5, 5.41) is 7.80. The Morgan fingerprint density at radius 2 is 2.33 bits per heavy atom. The summed E-state index contributed by atoms with van der Waals surface area (Å²) in [7, 11) is 4.02. The second-order valence-corrected chi connectivity index (χ2v) is 6.10. The predicted molar refractivity (Wildman–Crippen MR) is 75.7 cm³/mol. The van der Waals surface area contributed by atoms with E-state index in [0.29, 0.717) is 0 Å². The Balaban J connectivity index is 2.29. The van der Waals surface area contributed by atoms with Crippen molar-refractivity contribution in [1.29, 1.82) is 0 Å². The molecule has 2 atom stereocenters. The van der Waals surface area contributed by atoms with E-state index in [1.807, 2.05) is 25.7 Å². The van der Waals surface area contributed by atoms with Crippen LogP contribution in [0.1, 0.15) is 24.7 Å². The molecule has 0 radical (unpaired) electrons. The molecule has 0 aliphatic carbocycles. The molecule has 102 valence electrons. The molecule has 2 heterocycles. The van der Waals surface area contributed by atoms with E-state index in [1.54, 1.807) is 0 Å². The second-order valence-electron chi connectivity index (χ2n) is 5.30. The van der Waals surface area contributed by atoms with Crippen molar-refractivity contribution in [2.24, 2.45) is 12.5 Å². The lowest BCUT2D eigenvalue weighted by Crippen LogP contribution is -2.40. The summed E-state index contributed by atoms with van der Waals surface area (Å²) in [5.41, 5.74) is 2.50. The Hall–Kier alpha value is -0.390. The third-order valence-electron chi connectivity index (χ3n) is 4.14. The van der Waals surface area contributed by atoms with Crippen molar-refractivity contribution in [3.05, 3.63) is 15.9 Å². The van der Waals surface area contributed by atoms with E-state index in [0.717, 1.165) is 36.2 Å². The average molecular weight is 316 g/mol. The zero-order valence-electron chi connectivity index (χ0n) is 11.6. The third-order valence-corrected chi connectivity index (χ3v) is 5.17. The van der Waals surface area contributed by atoms with Crippen LogP contribution in [-0.2, 0) is 18.2 Å². The number of hydrogen-bond acceptors (Lipinski definition) is 3. The number of ether oxygens (including phenoxy) is 1. The van der Waals surface area contributed by atoms with E-state index >= 15 is 0 Å². The average Bonchev–Trinajstić information content (AvgIpc) is 2.77. The number of hydrogen-bond donors (Lipinski definition) is 1. The molecule has 1 saturated heterocycles. The lowest BCUT2D eigenvalue weighted by Gasteiger charge is -2.32. The first kappa shape index (κ1) is 14.0. The van der Waals surface area contributed by atoms with E-state index < -0.39 is 0 Å². The van der Waals surface area contributed by atoms with Crippen LogP contribution in [0.3, 0.4) is 0 Å². The minimum Gasteiger partial charge on any atom is -0.378 e. The summed E-state index contributed by atoms with van der Waals surface area (Å²) >= 11 is 3.66. The van der Waals surface area contributed by atoms with Crippen molar-refractivity contribution in [3.63, 3.8) is 0 Å². The maximum atomic E-state index is 5.80. The Bertz CT molecular complexity index is 432. The highest BCUT2D eigenvalue weighted by Gasteiger charge is 2.42. The molecular formula is C13H22BrN3O. The van der Waals surface area contributed by atoms with Gasteiger partial charge in [0, 0.05) is 25.6 Å². The Labute approximate surface area is 117 Å². The SMILES string of the molecule is CNCC1(Cc2c(Br)c(C)nn2C)CCOC1C. The van der Waals surface area contributed by atoms with E-state index in [2.05, 4.69) is 33.3 Å². The van der Waals surface area contributed by atoms with E-state index in [1.165, 1.54) is 5.69 Å². The molecule has 0 amide bonds. The van der Waals surface area contributed by atoms with Gasteiger partial charge in [0.2, 0.25) is 0 Å². The van der Waals surface area contributed by atoms with Crippen molar-refractivity contribution in [1.82, 2.24) is 15.1 Å². The molecule has 1 aliphatic heterocycles. The third kappa shape index (κ3) is 2.36. The molecule has 2 rings (SSSR count). The van der Waals surface area contributed by atoms with Crippen molar-refractivity contribution in [2.75, 3.05) is 20.2 Å². The summed E-state index contributed by atoms with van der Waals surface area (Å²) in [6.45, 7) is 6.05. The van der Waals surface area contributed by atoms with Gasteiger partial charge in [0.1, 0.15) is 0 Å². The van der Waals surface area contributed by atoms with Crippen LogP contribution in [-0.4, -0.2) is 36.1 Å². The fourth-order valence-electron chi connectivity index (χ4n) is 2.90. The first-order chi connectivity index (χ1) is 8.50. The predicted octanol–water partition coefficient (Wildman–Crippen LogP) is 2.05. The van der Waals surface area contributed by atoms with Gasteiger partial charge in [-0.3, -0.25) is 4.68 Å². The number of rotatable bonds is 4. The zero-order valence-corrected chi connectivity index (χ0v) is 13.2. The molecule has 2 unspecified atom stereocenters. The van der Waals surface area contributed by atoms with Crippen LogP contribution in [0.4, 0.5) is 0 Å². The number of nitrogens with zero attached hydrogens (tertiary/aromatic N) is 2. The lowest BCUT2D eigenvalue weighted by molar-refractivity contribution is 0.0630. The summed E-state index contributed by atoms with van der Waals surface area (Å²) in [5.74, 6) is 0. The summed E-state index contributed by atoms with van der Waals surface area (Å²) in [4.78, 5) is 0. The maximum Gasteiger partial charge on any atom is 0.0738 e. The molecule has 5 heteroatoms. The van der Waals surface area contributed by atoms with Gasteiger partial charge >= 0.3 is 0 Å². The molecule has 1 fully saturated rings. The van der Waals surface area contributed by atoms with Gasteiger partial charge in [-0.1, -0.05) is 0 Å². The molecule has 0 bridgehead atoms. The van der Waals surface area contributed by atoms with E-state index in [-0.39, 0.29) is 11.5 Å². The summed E-state index contributed by atoms with van der Waals surface area (Å²) in [6.07, 6.45) is 2.38. The van der Waals surface area contributed by atoms with Crippen LogP contribution in [0, 0.1) is 12.3 Å². The van der Waals surface area contributed by atoms with Crippen LogP contribution in [0.5, 0.6) is 0 Å². The van der Waals surface area contributed by atoms with Crippen LogP contribution in [0.2, 0.25) is 0 Å². The number of aromatic nitrogens is 2. The normalized spacial score (nSPS) is 27.9. The number of nitrogens with one attached hydrogen (secondary N) is 1. The van der Waals surface area contributed by atoms with Crippen molar-refractivity contribution in [2.45, 2.75) is 32.8 Å². The van der Waals surface area contributed by atoms with Crippen molar-refractivity contribution >= 4 is 15.9 Å². The minimum absolute atomic E-state index is 0.178. The quantitative estimate of drug-likeness (QED) is 0.924. The molecule has 0 spiro atoms. The smallest absolute Gasteiger partial charge is 0.0738 e. The number of aryl methyl sites for hydroxylation is 2. The molecular weight excluding hydrogens is 294 g/mol. The minimum atomic E-state index is 0.178. The van der Waals surface area contributed by atoms with Gasteiger partial charge in [-0.05, 0) is 49.7 Å². The number of halogens is 1. The highest BCUT2D eigenvalue weighted by molar-refractivity contribution is 9.10. The molecule has 1 aromatic rings. The first-order valence-corrected chi connectivity index (χ1v) is 7.23. The highest BCUT2D eigenvalue weighted by Crippen LogP contribution is 2.39. The van der Waals surface area contributed by atoms with Gasteiger partial charge in [0.05, 0.1) is 22.0 Å². The highest BCUT2D eigenvalue weighted by atomic mass is 79.9. The fourth-order valence-corrected chi connectivity index (χ4v) is 3.38. The summed E-state index contributed by atoms with van der Waals surface area (Å²) < 4.78 is 8.92. The molecule has 0 saturated carbocycles. The van der Waals surface area contributed by atoms with Gasteiger partial charge in [-0.2, -0.15) is 5.10 Å². The lowest BCUT2D eigenvalue weighted by atomic mass is 9.77. The molecule has 1 aromatic heterocycles.